The molecule has 0 unspecified atom stereocenters. The third kappa shape index (κ3) is 5.09. The molecule has 0 aliphatic carbocycles. The molecule has 138 valence electrons. The number of halogens is 1. The maximum absolute atomic E-state index is 12.5. The van der Waals surface area contributed by atoms with Crippen LogP contribution in [0.3, 0.4) is 0 Å². The van der Waals surface area contributed by atoms with Crippen LogP contribution in [0.5, 0.6) is 5.75 Å². The zero-order valence-corrected chi connectivity index (χ0v) is 16.5. The number of ether oxygens (including phenoxy) is 1. The molecule has 0 fully saturated rings. The van der Waals surface area contributed by atoms with Crippen molar-refractivity contribution in [1.82, 2.24) is 0 Å². The SMILES string of the molecule is N#C/C(=C/c1ccccc1OCc1ccccc1)C(=O)Nc1ccccc1Br. The normalized spacial score (nSPS) is 10.8. The summed E-state index contributed by atoms with van der Waals surface area (Å²) in [5.74, 6) is 0.125. The highest BCUT2D eigenvalue weighted by molar-refractivity contribution is 9.10. The Balaban J connectivity index is 1.79. The number of benzene rings is 3. The molecule has 0 spiro atoms. The molecule has 3 rings (SSSR count). The van der Waals surface area contributed by atoms with Crippen molar-refractivity contribution in [2.24, 2.45) is 0 Å². The van der Waals surface area contributed by atoms with Crippen LogP contribution in [0.1, 0.15) is 11.1 Å². The Morgan fingerprint density at radius 2 is 1.68 bits per heavy atom. The molecule has 1 N–H and O–H groups in total. The molecule has 0 aliphatic rings. The fraction of sp³-hybridized carbons (Fsp3) is 0.0435. The summed E-state index contributed by atoms with van der Waals surface area (Å²) in [6.07, 6.45) is 1.53. The molecule has 3 aromatic rings. The summed E-state index contributed by atoms with van der Waals surface area (Å²) in [6.45, 7) is 0.400. The van der Waals surface area contributed by atoms with Gasteiger partial charge in [-0.15, -0.1) is 0 Å². The monoisotopic (exact) mass is 432 g/mol. The molecule has 0 atom stereocenters. The van der Waals surface area contributed by atoms with Gasteiger partial charge in [0.05, 0.1) is 5.69 Å². The lowest BCUT2D eigenvalue weighted by Gasteiger charge is -2.10. The van der Waals surface area contributed by atoms with Crippen molar-refractivity contribution in [1.29, 1.82) is 5.26 Å². The third-order valence-corrected chi connectivity index (χ3v) is 4.63. The molecule has 0 saturated heterocycles. The first-order valence-corrected chi connectivity index (χ1v) is 9.40. The number of carbonyl (C=O) groups excluding carboxylic acids is 1. The van der Waals surface area contributed by atoms with Crippen LogP contribution in [-0.4, -0.2) is 5.91 Å². The molecule has 0 heterocycles. The zero-order valence-electron chi connectivity index (χ0n) is 14.9. The van der Waals surface area contributed by atoms with E-state index < -0.39 is 5.91 Å². The van der Waals surface area contributed by atoms with Crippen LogP contribution >= 0.6 is 15.9 Å². The molecule has 5 heteroatoms. The number of hydrogen-bond donors (Lipinski definition) is 1. The smallest absolute Gasteiger partial charge is 0.266 e. The van der Waals surface area contributed by atoms with Gasteiger partial charge in [0.2, 0.25) is 0 Å². The molecule has 3 aromatic carbocycles. The maximum atomic E-state index is 12.5. The van der Waals surface area contributed by atoms with Crippen LogP contribution in [0.15, 0.2) is 88.9 Å². The van der Waals surface area contributed by atoms with Gasteiger partial charge in [0.25, 0.3) is 5.91 Å². The molecular formula is C23H17BrN2O2. The van der Waals surface area contributed by atoms with Crippen molar-refractivity contribution in [2.75, 3.05) is 5.32 Å². The molecule has 0 aromatic heterocycles. The highest BCUT2D eigenvalue weighted by atomic mass is 79.9. The number of rotatable bonds is 6. The van der Waals surface area contributed by atoms with Gasteiger partial charge < -0.3 is 10.1 Å². The van der Waals surface area contributed by atoms with Gasteiger partial charge in [-0.1, -0.05) is 60.7 Å². The van der Waals surface area contributed by atoms with E-state index in [-0.39, 0.29) is 5.57 Å². The highest BCUT2D eigenvalue weighted by Crippen LogP contribution is 2.24. The lowest BCUT2D eigenvalue weighted by atomic mass is 10.1. The van der Waals surface area contributed by atoms with Crippen molar-refractivity contribution in [3.63, 3.8) is 0 Å². The first-order valence-electron chi connectivity index (χ1n) is 8.61. The van der Waals surface area contributed by atoms with Gasteiger partial charge in [-0.25, -0.2) is 0 Å². The Labute approximate surface area is 172 Å². The number of nitrogens with zero attached hydrogens (tertiary/aromatic N) is 1. The van der Waals surface area contributed by atoms with Crippen LogP contribution in [0.25, 0.3) is 6.08 Å². The number of hydrogen-bond acceptors (Lipinski definition) is 3. The second-order valence-corrected chi connectivity index (χ2v) is 6.77. The number of para-hydroxylation sites is 2. The summed E-state index contributed by atoms with van der Waals surface area (Å²) in [5.41, 5.74) is 2.29. The second kappa shape index (κ2) is 9.54. The van der Waals surface area contributed by atoms with E-state index in [0.29, 0.717) is 23.6 Å². The molecular weight excluding hydrogens is 416 g/mol. The highest BCUT2D eigenvalue weighted by Gasteiger charge is 2.12. The van der Waals surface area contributed by atoms with E-state index in [9.17, 15) is 10.1 Å². The summed E-state index contributed by atoms with van der Waals surface area (Å²) < 4.78 is 6.64. The minimum Gasteiger partial charge on any atom is -0.488 e. The second-order valence-electron chi connectivity index (χ2n) is 5.92. The maximum Gasteiger partial charge on any atom is 0.266 e. The van der Waals surface area contributed by atoms with Crippen LogP contribution in [0, 0.1) is 11.3 Å². The van der Waals surface area contributed by atoms with Crippen LogP contribution in [-0.2, 0) is 11.4 Å². The van der Waals surface area contributed by atoms with E-state index in [0.717, 1.165) is 10.0 Å². The summed E-state index contributed by atoms with van der Waals surface area (Å²) in [4.78, 5) is 12.5. The Bertz CT molecular complexity index is 1040. The van der Waals surface area contributed by atoms with Gasteiger partial charge in [-0.05, 0) is 45.8 Å². The first kappa shape index (κ1) is 19.4. The summed E-state index contributed by atoms with van der Waals surface area (Å²) in [5, 5.41) is 12.2. The molecule has 28 heavy (non-hydrogen) atoms. The van der Waals surface area contributed by atoms with E-state index in [1.807, 2.05) is 78.9 Å². The van der Waals surface area contributed by atoms with E-state index >= 15 is 0 Å². The van der Waals surface area contributed by atoms with E-state index in [1.165, 1.54) is 6.08 Å². The fourth-order valence-electron chi connectivity index (χ4n) is 2.52. The predicted molar refractivity (Wildman–Crippen MR) is 114 cm³/mol. The fourth-order valence-corrected chi connectivity index (χ4v) is 2.91. The van der Waals surface area contributed by atoms with Gasteiger partial charge in [0.1, 0.15) is 24.0 Å². The summed E-state index contributed by atoms with van der Waals surface area (Å²) in [6, 6.07) is 26.3. The van der Waals surface area contributed by atoms with Crippen LogP contribution < -0.4 is 10.1 Å². The van der Waals surface area contributed by atoms with Crippen molar-refractivity contribution < 1.29 is 9.53 Å². The summed E-state index contributed by atoms with van der Waals surface area (Å²) in [7, 11) is 0. The molecule has 0 radical (unpaired) electrons. The minimum absolute atomic E-state index is 0.00786. The third-order valence-electron chi connectivity index (χ3n) is 3.94. The van der Waals surface area contributed by atoms with Crippen molar-refractivity contribution in [3.8, 4) is 11.8 Å². The Kier molecular flexibility index (Phi) is 6.61. The van der Waals surface area contributed by atoms with Gasteiger partial charge >= 0.3 is 0 Å². The molecule has 0 aliphatic heterocycles. The van der Waals surface area contributed by atoms with Crippen molar-refractivity contribution in [3.05, 3.63) is 100 Å². The van der Waals surface area contributed by atoms with Crippen LogP contribution in [0.4, 0.5) is 5.69 Å². The summed E-state index contributed by atoms with van der Waals surface area (Å²) >= 11 is 3.38. The number of amides is 1. The van der Waals surface area contributed by atoms with Gasteiger partial charge in [0.15, 0.2) is 0 Å². The Hall–Kier alpha value is -3.36. The van der Waals surface area contributed by atoms with Gasteiger partial charge in [-0.2, -0.15) is 5.26 Å². The average molecular weight is 433 g/mol. The van der Waals surface area contributed by atoms with Gasteiger partial charge in [-0.3, -0.25) is 4.79 Å². The quantitative estimate of drug-likeness (QED) is 0.408. The Morgan fingerprint density at radius 3 is 2.43 bits per heavy atom. The molecule has 1 amide bonds. The number of carbonyl (C=O) groups is 1. The zero-order chi connectivity index (χ0) is 19.8. The van der Waals surface area contributed by atoms with Crippen molar-refractivity contribution in [2.45, 2.75) is 6.61 Å². The average Bonchev–Trinajstić information content (AvgIpc) is 2.73. The lowest BCUT2D eigenvalue weighted by molar-refractivity contribution is -0.112. The molecule has 0 bridgehead atoms. The number of anilines is 1. The van der Waals surface area contributed by atoms with Crippen molar-refractivity contribution >= 4 is 33.6 Å². The molecule has 0 saturated carbocycles. The lowest BCUT2D eigenvalue weighted by Crippen LogP contribution is -2.13. The minimum atomic E-state index is -0.479. The standard InChI is InChI=1S/C23H17BrN2O2/c24-20-11-5-6-12-21(20)26-23(27)19(15-25)14-18-10-4-7-13-22(18)28-16-17-8-2-1-3-9-17/h1-14H,16H2,(H,26,27)/b19-14-. The predicted octanol–water partition coefficient (Wildman–Crippen LogP) is 5.57. The van der Waals surface area contributed by atoms with Gasteiger partial charge in [0, 0.05) is 10.0 Å². The number of nitrogens with one attached hydrogen (secondary N) is 1. The van der Waals surface area contributed by atoms with Crippen LogP contribution in [0.2, 0.25) is 0 Å². The number of nitriles is 1. The van der Waals surface area contributed by atoms with E-state index in [4.69, 9.17) is 4.74 Å². The topological polar surface area (TPSA) is 62.1 Å². The molecule has 4 nitrogen and oxygen atoms in total. The Morgan fingerprint density at radius 1 is 1.00 bits per heavy atom. The van der Waals surface area contributed by atoms with E-state index in [1.54, 1.807) is 6.07 Å². The largest absolute Gasteiger partial charge is 0.488 e. The first-order chi connectivity index (χ1) is 13.7. The van der Waals surface area contributed by atoms with E-state index in [2.05, 4.69) is 21.2 Å².